The molecular weight excluding hydrogens is 485 g/mol. The van der Waals surface area contributed by atoms with Crippen LogP contribution in [0.1, 0.15) is 42.5 Å². The third kappa shape index (κ3) is 4.19. The van der Waals surface area contributed by atoms with Crippen LogP contribution >= 0.6 is 0 Å². The van der Waals surface area contributed by atoms with E-state index in [9.17, 15) is 14.4 Å². The molecule has 1 unspecified atom stereocenters. The van der Waals surface area contributed by atoms with Gasteiger partial charge in [-0.25, -0.2) is 4.39 Å². The van der Waals surface area contributed by atoms with Crippen molar-refractivity contribution in [3.05, 3.63) is 92.6 Å². The molecule has 0 N–H and O–H groups in total. The molecular formula is C28H26FN7O2. The van der Waals surface area contributed by atoms with Crippen molar-refractivity contribution in [2.45, 2.75) is 38.9 Å². The summed E-state index contributed by atoms with van der Waals surface area (Å²) in [4.78, 5) is 25.5. The van der Waals surface area contributed by atoms with Crippen molar-refractivity contribution in [1.29, 1.82) is 5.26 Å². The van der Waals surface area contributed by atoms with Crippen LogP contribution in [0.2, 0.25) is 0 Å². The van der Waals surface area contributed by atoms with Gasteiger partial charge in [0.15, 0.2) is 0 Å². The fourth-order valence-electron chi connectivity index (χ4n) is 5.34. The average molecular weight is 512 g/mol. The second-order valence-corrected chi connectivity index (χ2v) is 9.71. The maximum Gasteiger partial charge on any atom is 0.271 e. The van der Waals surface area contributed by atoms with Gasteiger partial charge in [-0.15, -0.1) is 4.98 Å². The topological polar surface area (TPSA) is 95.6 Å². The largest absolute Gasteiger partial charge is 0.361 e. The Labute approximate surface area is 219 Å². The summed E-state index contributed by atoms with van der Waals surface area (Å²) in [6, 6.07) is 13.2. The first-order valence-electron chi connectivity index (χ1n) is 12.3. The highest BCUT2D eigenvalue weighted by atomic mass is 19.1. The molecule has 4 heterocycles. The molecule has 0 saturated carbocycles. The van der Waals surface area contributed by atoms with Crippen molar-refractivity contribution in [2.75, 3.05) is 18.0 Å². The molecule has 1 aromatic carbocycles. The number of benzene rings is 1. The van der Waals surface area contributed by atoms with Crippen LogP contribution in [0.4, 0.5) is 15.9 Å². The zero-order chi connectivity index (χ0) is 27.1. The molecule has 1 fully saturated rings. The number of hydrogen-bond donors (Lipinski definition) is 0. The summed E-state index contributed by atoms with van der Waals surface area (Å²) in [5, 5.41) is 14.3. The maximum absolute atomic E-state index is 13.8. The number of fused-ring (bicyclic) bond motifs is 1. The number of pyridine rings is 2. The minimum absolute atomic E-state index is 0.00402. The number of nitrogens with zero attached hydrogens (tertiary/aromatic N) is 7. The number of nitriles is 1. The normalized spacial score (nSPS) is 18.8. The fourth-order valence-corrected chi connectivity index (χ4v) is 5.34. The quantitative estimate of drug-likeness (QED) is 0.373. The Morgan fingerprint density at radius 1 is 1.18 bits per heavy atom. The van der Waals surface area contributed by atoms with Crippen molar-refractivity contribution in [2.24, 2.45) is 7.05 Å². The van der Waals surface area contributed by atoms with Gasteiger partial charge in [-0.1, -0.05) is 23.9 Å². The number of hydrogen-bond acceptors (Lipinski definition) is 7. The van der Waals surface area contributed by atoms with Gasteiger partial charge in [-0.2, -0.15) is 5.26 Å². The van der Waals surface area contributed by atoms with Crippen LogP contribution in [-0.4, -0.2) is 44.8 Å². The number of halogens is 1. The van der Waals surface area contributed by atoms with E-state index < -0.39 is 5.56 Å². The molecule has 38 heavy (non-hydrogen) atoms. The molecule has 0 radical (unpaired) electrons. The van der Waals surface area contributed by atoms with Gasteiger partial charge in [-0.3, -0.25) is 9.69 Å². The van der Waals surface area contributed by atoms with Crippen LogP contribution in [0.3, 0.4) is 0 Å². The molecule has 1 aliphatic rings. The van der Waals surface area contributed by atoms with E-state index in [1.807, 2.05) is 24.8 Å². The van der Waals surface area contributed by atoms with E-state index in [1.165, 1.54) is 16.7 Å². The standard InChI is InChI=1S/C28H26FN7O2/c1-16-15-36(27-21(13-30)28(37)34(5)23-10-11-24(31-4)32-25(23)27)17(2)14-35(16)26(22-12-18(3)38-33-22)19-6-8-20(29)9-7-19/h6-12,16-17,26H,14-15H2,1-3,5H3/t16-,17+,26?/m1/s1. The van der Waals surface area contributed by atoms with Crippen molar-refractivity contribution >= 4 is 22.5 Å². The summed E-state index contributed by atoms with van der Waals surface area (Å²) in [7, 11) is 1.60. The van der Waals surface area contributed by atoms with E-state index in [0.717, 1.165) is 11.3 Å². The highest BCUT2D eigenvalue weighted by molar-refractivity contribution is 5.93. The molecule has 0 spiro atoms. The zero-order valence-electron chi connectivity index (χ0n) is 21.5. The molecule has 3 atom stereocenters. The number of rotatable bonds is 4. The number of aryl methyl sites for hydroxylation is 2. The third-order valence-electron chi connectivity index (χ3n) is 7.19. The highest BCUT2D eigenvalue weighted by Gasteiger charge is 2.38. The summed E-state index contributed by atoms with van der Waals surface area (Å²) in [5.41, 5.74) is 2.66. The van der Waals surface area contributed by atoms with Gasteiger partial charge in [0.1, 0.15) is 34.6 Å². The summed E-state index contributed by atoms with van der Waals surface area (Å²) in [5.74, 6) is 0.555. The Morgan fingerprint density at radius 2 is 1.92 bits per heavy atom. The first kappa shape index (κ1) is 25.1. The molecule has 1 aliphatic heterocycles. The first-order valence-corrected chi connectivity index (χ1v) is 12.3. The van der Waals surface area contributed by atoms with E-state index in [2.05, 4.69) is 32.9 Å². The molecule has 3 aromatic heterocycles. The minimum Gasteiger partial charge on any atom is -0.361 e. The molecule has 192 valence electrons. The minimum atomic E-state index is -0.406. The Morgan fingerprint density at radius 3 is 2.55 bits per heavy atom. The van der Waals surface area contributed by atoms with Crippen LogP contribution in [0.5, 0.6) is 0 Å². The van der Waals surface area contributed by atoms with Gasteiger partial charge in [0.25, 0.3) is 11.4 Å². The van der Waals surface area contributed by atoms with Crippen LogP contribution in [-0.2, 0) is 7.05 Å². The van der Waals surface area contributed by atoms with Crippen molar-refractivity contribution in [3.63, 3.8) is 0 Å². The Bertz CT molecular complexity index is 1660. The summed E-state index contributed by atoms with van der Waals surface area (Å²) in [6.07, 6.45) is 0. The molecule has 10 heteroatoms. The van der Waals surface area contributed by atoms with Crippen LogP contribution in [0, 0.1) is 30.6 Å². The van der Waals surface area contributed by atoms with Crippen LogP contribution < -0.4 is 10.5 Å². The van der Waals surface area contributed by atoms with Gasteiger partial charge in [0.2, 0.25) is 5.52 Å². The molecule has 4 aromatic rings. The van der Waals surface area contributed by atoms with E-state index in [0.29, 0.717) is 35.6 Å². The molecule has 0 amide bonds. The van der Waals surface area contributed by atoms with Crippen molar-refractivity contribution in [1.82, 2.24) is 19.6 Å². The van der Waals surface area contributed by atoms with Gasteiger partial charge >= 0.3 is 0 Å². The predicted molar refractivity (Wildman–Crippen MR) is 140 cm³/mol. The Kier molecular flexibility index (Phi) is 6.43. The number of piperazine rings is 1. The van der Waals surface area contributed by atoms with E-state index in [1.54, 1.807) is 31.3 Å². The average Bonchev–Trinajstić information content (AvgIpc) is 3.34. The zero-order valence-corrected chi connectivity index (χ0v) is 21.5. The van der Waals surface area contributed by atoms with Crippen LogP contribution in [0.25, 0.3) is 15.9 Å². The summed E-state index contributed by atoms with van der Waals surface area (Å²) in [6.45, 7) is 14.4. The Balaban J connectivity index is 1.61. The van der Waals surface area contributed by atoms with Gasteiger partial charge in [-0.05, 0) is 50.6 Å². The number of anilines is 1. The lowest BCUT2D eigenvalue weighted by Gasteiger charge is -2.48. The van der Waals surface area contributed by atoms with E-state index in [4.69, 9.17) is 11.1 Å². The first-order chi connectivity index (χ1) is 18.2. The SMILES string of the molecule is [C-]#[N+]c1ccc2c(n1)c(N1C[C@@H](C)N(C(c3ccc(F)cc3)c3cc(C)on3)C[C@@H]1C)c(C#N)c(=O)n2C. The fraction of sp³-hybridized carbons (Fsp3) is 0.321. The summed E-state index contributed by atoms with van der Waals surface area (Å²) >= 11 is 0. The second-order valence-electron chi connectivity index (χ2n) is 9.71. The predicted octanol–water partition coefficient (Wildman–Crippen LogP) is 4.48. The van der Waals surface area contributed by atoms with E-state index >= 15 is 0 Å². The lowest BCUT2D eigenvalue weighted by molar-refractivity contribution is 0.125. The van der Waals surface area contributed by atoms with Gasteiger partial charge < -0.3 is 18.8 Å². The number of aromatic nitrogens is 3. The second kappa shape index (κ2) is 9.73. The molecule has 0 aliphatic carbocycles. The van der Waals surface area contributed by atoms with Crippen molar-refractivity contribution < 1.29 is 8.91 Å². The van der Waals surface area contributed by atoms with Crippen LogP contribution in [0.15, 0.2) is 51.8 Å². The van der Waals surface area contributed by atoms with E-state index in [-0.39, 0.29) is 35.3 Å². The highest BCUT2D eigenvalue weighted by Crippen LogP contribution is 2.37. The van der Waals surface area contributed by atoms with Gasteiger partial charge in [0.05, 0.1) is 11.6 Å². The monoisotopic (exact) mass is 511 g/mol. The lowest BCUT2D eigenvalue weighted by atomic mass is 9.96. The molecule has 1 saturated heterocycles. The van der Waals surface area contributed by atoms with Gasteiger partial charge in [0, 0.05) is 38.3 Å². The maximum atomic E-state index is 13.8. The summed E-state index contributed by atoms with van der Waals surface area (Å²) < 4.78 is 20.6. The lowest BCUT2D eigenvalue weighted by Crippen LogP contribution is -2.58. The smallest absolute Gasteiger partial charge is 0.271 e. The molecule has 0 bridgehead atoms. The molecule has 9 nitrogen and oxygen atoms in total. The van der Waals surface area contributed by atoms with Crippen molar-refractivity contribution in [3.8, 4) is 6.07 Å². The third-order valence-corrected chi connectivity index (χ3v) is 7.19. The Hall–Kier alpha value is -4.54. The molecule has 5 rings (SSSR count).